The monoisotopic (exact) mass is 960 g/mol. The maximum absolute atomic E-state index is 13.5. The molecule has 1 heterocycles. The summed E-state index contributed by atoms with van der Waals surface area (Å²) < 4.78 is 0. The van der Waals surface area contributed by atoms with Gasteiger partial charge in [0.15, 0.2) is 6.10 Å². The van der Waals surface area contributed by atoms with Gasteiger partial charge in [0.05, 0.1) is 13.2 Å². The van der Waals surface area contributed by atoms with Gasteiger partial charge in [0.25, 0.3) is 5.91 Å². The number of hydrogen-bond acceptors (Lipinski definition) is 15. The average Bonchev–Trinajstić information content (AvgIpc) is 3.33. The minimum Gasteiger partial charge on any atom is -0.480 e. The molecule has 9 amide bonds. The van der Waals surface area contributed by atoms with Crippen LogP contribution >= 0.6 is 0 Å². The molecule has 1 aliphatic heterocycles. The maximum atomic E-state index is 13.5. The Labute approximate surface area is 389 Å². The minimum absolute atomic E-state index is 0.00852. The highest BCUT2D eigenvalue weighted by molar-refractivity contribution is 5.99. The molecular formula is C42H73N9O16. The summed E-state index contributed by atoms with van der Waals surface area (Å²) in [5.41, 5.74) is 0. The third-order valence-electron chi connectivity index (χ3n) is 10.9. The van der Waals surface area contributed by atoms with Gasteiger partial charge in [-0.1, -0.05) is 71.1 Å². The lowest BCUT2D eigenvalue weighted by Gasteiger charge is -2.26. The Hall–Kier alpha value is -5.50. The Bertz CT molecular complexity index is 1640. The van der Waals surface area contributed by atoms with Crippen molar-refractivity contribution in [3.8, 4) is 0 Å². The van der Waals surface area contributed by atoms with Crippen LogP contribution in [-0.2, 0) is 47.9 Å². The first-order valence-electron chi connectivity index (χ1n) is 22.9. The molecule has 382 valence electrons. The number of carboxylic acid groups (broad SMARTS) is 1. The summed E-state index contributed by atoms with van der Waals surface area (Å²) in [5, 5.41) is 76.3. The molecule has 0 aromatic heterocycles. The van der Waals surface area contributed by atoms with Crippen molar-refractivity contribution in [2.24, 2.45) is 0 Å². The number of nitrogens with zero attached hydrogens (tertiary/aromatic N) is 2. The summed E-state index contributed by atoms with van der Waals surface area (Å²) in [7, 11) is 0. The summed E-state index contributed by atoms with van der Waals surface area (Å²) in [5.74, 6) is -10.2. The lowest BCUT2D eigenvalue weighted by atomic mass is 10.0. The average molecular weight is 960 g/mol. The van der Waals surface area contributed by atoms with Crippen molar-refractivity contribution in [2.45, 2.75) is 172 Å². The highest BCUT2D eigenvalue weighted by Crippen LogP contribution is 2.13. The number of nitrogens with one attached hydrogen (secondary N) is 7. The molecule has 0 aromatic rings. The van der Waals surface area contributed by atoms with Gasteiger partial charge in [0.2, 0.25) is 47.3 Å². The van der Waals surface area contributed by atoms with E-state index < -0.39 is 115 Å². The molecule has 25 heteroatoms. The Morgan fingerprint density at radius 1 is 0.642 bits per heavy atom. The van der Waals surface area contributed by atoms with Crippen LogP contribution in [0.1, 0.15) is 130 Å². The van der Waals surface area contributed by atoms with E-state index in [-0.39, 0.29) is 58.2 Å². The van der Waals surface area contributed by atoms with Gasteiger partial charge in [-0.15, -0.1) is 0 Å². The van der Waals surface area contributed by atoms with Crippen LogP contribution in [0.2, 0.25) is 0 Å². The van der Waals surface area contributed by atoms with Gasteiger partial charge < -0.3 is 57.6 Å². The van der Waals surface area contributed by atoms with Crippen molar-refractivity contribution in [1.82, 2.24) is 47.3 Å². The van der Waals surface area contributed by atoms with Crippen molar-refractivity contribution in [3.05, 3.63) is 0 Å². The standard InChI is InChI=1S/C42H73N9O16/c1-4-5-6-7-8-9-10-11-12-13-14-19-33(56)49-34-35(57)41(63)43-21-20-29(45-40(34)62)37(59)48-31(24-52)38(60)44-28(17-15-22-50(66)26(2)54)36(58)47-32(25-53)39(61)46-30(42(64)65)18-16-23-51(67)27(3)55/h28-32,34-35,52-53,57,66-67H,4-25H2,1-3H3,(H,43,63)(H,44,60)(H,45,62)(H,46,61)(H,47,58)(H,48,59)(H,49,56)(H,64,65)/t28-,29?,30-,31-,32-,34?,35?/m1/s1. The maximum Gasteiger partial charge on any atom is 0.326 e. The van der Waals surface area contributed by atoms with Crippen molar-refractivity contribution >= 4 is 59.1 Å². The van der Waals surface area contributed by atoms with Crippen LogP contribution in [0.25, 0.3) is 0 Å². The normalized spacial score (nSPS) is 17.9. The molecular weight excluding hydrogens is 887 g/mol. The van der Waals surface area contributed by atoms with Crippen LogP contribution in [0.3, 0.4) is 0 Å². The zero-order valence-electron chi connectivity index (χ0n) is 38.8. The van der Waals surface area contributed by atoms with Gasteiger partial charge in [-0.3, -0.25) is 53.6 Å². The van der Waals surface area contributed by atoms with E-state index in [1.54, 1.807) is 0 Å². The molecule has 0 aliphatic carbocycles. The molecule has 0 bridgehead atoms. The summed E-state index contributed by atoms with van der Waals surface area (Å²) in [6, 6.07) is -10.1. The number of rotatable bonds is 32. The largest absolute Gasteiger partial charge is 0.480 e. The fourth-order valence-electron chi connectivity index (χ4n) is 6.82. The molecule has 13 N–H and O–H groups in total. The molecule has 0 radical (unpaired) electrons. The highest BCUT2D eigenvalue weighted by atomic mass is 16.5. The molecule has 3 unspecified atom stereocenters. The van der Waals surface area contributed by atoms with Crippen LogP contribution in [0, 0.1) is 0 Å². The molecule has 1 saturated heterocycles. The molecule has 1 aliphatic rings. The molecule has 0 aromatic carbocycles. The number of carboxylic acids is 1. The van der Waals surface area contributed by atoms with Crippen molar-refractivity contribution in [1.29, 1.82) is 0 Å². The summed E-state index contributed by atoms with van der Waals surface area (Å²) in [6.45, 7) is 1.27. The number of unbranched alkanes of at least 4 members (excludes halogenated alkanes) is 10. The first-order valence-corrected chi connectivity index (χ1v) is 22.9. The summed E-state index contributed by atoms with van der Waals surface area (Å²) in [6.07, 6.45) is 8.36. The predicted molar refractivity (Wildman–Crippen MR) is 235 cm³/mol. The number of hydroxylamine groups is 4. The molecule has 1 fully saturated rings. The quantitative estimate of drug-likeness (QED) is 0.0190. The first-order chi connectivity index (χ1) is 31.8. The second-order valence-corrected chi connectivity index (χ2v) is 16.4. The second kappa shape index (κ2) is 33.1. The van der Waals surface area contributed by atoms with Crippen molar-refractivity contribution in [2.75, 3.05) is 32.8 Å². The van der Waals surface area contributed by atoms with Crippen molar-refractivity contribution < 1.29 is 78.8 Å². The Morgan fingerprint density at radius 3 is 1.58 bits per heavy atom. The highest BCUT2D eigenvalue weighted by Gasteiger charge is 2.38. The lowest BCUT2D eigenvalue weighted by Crippen LogP contribution is -2.61. The van der Waals surface area contributed by atoms with Crippen LogP contribution in [0.5, 0.6) is 0 Å². The van der Waals surface area contributed by atoms with Gasteiger partial charge >= 0.3 is 5.97 Å². The third-order valence-corrected chi connectivity index (χ3v) is 10.9. The molecule has 67 heavy (non-hydrogen) atoms. The van der Waals surface area contributed by atoms with Crippen molar-refractivity contribution in [3.63, 3.8) is 0 Å². The zero-order valence-corrected chi connectivity index (χ0v) is 38.8. The topological polar surface area (TPSA) is 383 Å². The molecule has 0 saturated carbocycles. The number of carbonyl (C=O) groups excluding carboxylic acids is 9. The Balaban J connectivity index is 3.03. The van der Waals surface area contributed by atoms with Gasteiger partial charge in [0.1, 0.15) is 36.3 Å². The van der Waals surface area contributed by atoms with E-state index in [0.29, 0.717) is 16.5 Å². The van der Waals surface area contributed by atoms with Crippen LogP contribution in [0.15, 0.2) is 0 Å². The number of aliphatic carboxylic acids is 1. The second-order valence-electron chi connectivity index (χ2n) is 16.4. The number of amides is 9. The molecule has 0 spiro atoms. The van der Waals surface area contributed by atoms with Crippen LogP contribution in [-0.4, -0.2) is 175 Å². The lowest BCUT2D eigenvalue weighted by molar-refractivity contribution is -0.163. The molecule has 1 rings (SSSR count). The number of aliphatic hydroxyl groups is 3. The van der Waals surface area contributed by atoms with E-state index >= 15 is 0 Å². The van der Waals surface area contributed by atoms with Gasteiger partial charge in [-0.05, 0) is 38.5 Å². The summed E-state index contributed by atoms with van der Waals surface area (Å²) in [4.78, 5) is 127. The van der Waals surface area contributed by atoms with Crippen LogP contribution < -0.4 is 37.2 Å². The number of aliphatic hydroxyl groups excluding tert-OH is 3. The van der Waals surface area contributed by atoms with E-state index in [1.807, 2.05) is 0 Å². The van der Waals surface area contributed by atoms with Gasteiger partial charge in [-0.25, -0.2) is 14.9 Å². The molecule has 25 nitrogen and oxygen atoms in total. The van der Waals surface area contributed by atoms with E-state index in [9.17, 15) is 78.8 Å². The first kappa shape index (κ1) is 59.5. The van der Waals surface area contributed by atoms with Crippen LogP contribution in [0.4, 0.5) is 0 Å². The SMILES string of the molecule is CCCCCCCCCCCCCC(=O)NC1C(=O)NC(C(=O)N[C@H](CO)C(=O)N[C@H](CCCN(O)C(C)=O)C(=O)N[C@H](CO)C(=O)N[C@H](CCCN(O)C(C)=O)C(=O)O)CCNC(=O)C1O. The van der Waals surface area contributed by atoms with E-state index in [0.717, 1.165) is 46.0 Å². The van der Waals surface area contributed by atoms with E-state index in [2.05, 4.69) is 44.1 Å². The Kier molecular flexibility index (Phi) is 29.4. The third kappa shape index (κ3) is 23.7. The fourth-order valence-corrected chi connectivity index (χ4v) is 6.82. The molecule has 7 atom stereocenters. The zero-order chi connectivity index (χ0) is 50.5. The van der Waals surface area contributed by atoms with Gasteiger partial charge in [0, 0.05) is 39.9 Å². The Morgan fingerprint density at radius 2 is 1.09 bits per heavy atom. The van der Waals surface area contributed by atoms with E-state index in [4.69, 9.17) is 0 Å². The predicted octanol–water partition coefficient (Wildman–Crippen LogP) is -2.42. The smallest absolute Gasteiger partial charge is 0.326 e. The number of hydrogen-bond donors (Lipinski definition) is 13. The summed E-state index contributed by atoms with van der Waals surface area (Å²) >= 11 is 0. The minimum atomic E-state index is -2.03. The van der Waals surface area contributed by atoms with Gasteiger partial charge in [-0.2, -0.15) is 0 Å². The number of carbonyl (C=O) groups is 10. The van der Waals surface area contributed by atoms with E-state index in [1.165, 1.54) is 32.1 Å². The fraction of sp³-hybridized carbons (Fsp3) is 0.762.